The van der Waals surface area contributed by atoms with Crippen LogP contribution in [-0.2, 0) is 11.3 Å². The molecule has 2 aromatic rings. The highest BCUT2D eigenvalue weighted by molar-refractivity contribution is 5.96. The number of likely N-dealkylation sites (N-methyl/N-ethyl adjacent to an activating group) is 1. The number of halogens is 2. The molecule has 1 aliphatic heterocycles. The van der Waals surface area contributed by atoms with Gasteiger partial charge in [0.2, 0.25) is 5.91 Å². The van der Waals surface area contributed by atoms with Crippen molar-refractivity contribution >= 4 is 47.5 Å². The molecule has 1 aliphatic carbocycles. The molecule has 0 spiro atoms. The van der Waals surface area contributed by atoms with Crippen LogP contribution in [0.2, 0.25) is 0 Å². The van der Waals surface area contributed by atoms with Gasteiger partial charge < -0.3 is 20.0 Å². The molecule has 4 rings (SSSR count). The summed E-state index contributed by atoms with van der Waals surface area (Å²) in [4.78, 5) is 26.9. The number of hydrogen-bond donors (Lipinski definition) is 2. The molecule has 2 aliphatic rings. The van der Waals surface area contributed by atoms with E-state index in [9.17, 15) is 9.59 Å². The van der Waals surface area contributed by atoms with Gasteiger partial charge in [0.15, 0.2) is 5.58 Å². The van der Waals surface area contributed by atoms with Gasteiger partial charge in [-0.25, -0.2) is 4.79 Å². The van der Waals surface area contributed by atoms with E-state index in [1.54, 1.807) is 16.7 Å². The van der Waals surface area contributed by atoms with E-state index in [2.05, 4.69) is 10.6 Å². The van der Waals surface area contributed by atoms with E-state index < -0.39 is 0 Å². The molecule has 1 aromatic carbocycles. The second-order valence-electron chi connectivity index (χ2n) is 8.10. The summed E-state index contributed by atoms with van der Waals surface area (Å²) >= 11 is 0. The minimum atomic E-state index is -0.364. The van der Waals surface area contributed by atoms with Gasteiger partial charge in [-0.15, -0.1) is 24.8 Å². The first-order valence-corrected chi connectivity index (χ1v) is 9.86. The topological polar surface area (TPSA) is 79.5 Å². The molecule has 0 bridgehead atoms. The molecule has 2 fully saturated rings. The molecule has 1 saturated heterocycles. The van der Waals surface area contributed by atoms with E-state index in [1.807, 2.05) is 25.1 Å². The summed E-state index contributed by atoms with van der Waals surface area (Å²) < 4.78 is 6.94. The van der Waals surface area contributed by atoms with Gasteiger partial charge in [-0.05, 0) is 57.5 Å². The highest BCUT2D eigenvalue weighted by Gasteiger charge is 2.38. The minimum absolute atomic E-state index is 0. The molecular weight excluding hydrogens is 415 g/mol. The van der Waals surface area contributed by atoms with Crippen LogP contribution in [0.3, 0.4) is 0 Å². The molecule has 7 nitrogen and oxygen atoms in total. The summed E-state index contributed by atoms with van der Waals surface area (Å²) in [7, 11) is 3.93. The van der Waals surface area contributed by atoms with Crippen molar-refractivity contribution in [3.8, 4) is 0 Å². The number of nitrogens with one attached hydrogen (secondary N) is 2. The largest absolute Gasteiger partial charge is 0.419 e. The number of rotatable bonds is 5. The van der Waals surface area contributed by atoms with Crippen molar-refractivity contribution in [3.63, 3.8) is 0 Å². The van der Waals surface area contributed by atoms with Crippen molar-refractivity contribution in [2.75, 3.05) is 26.0 Å². The fraction of sp³-hybridized carbons (Fsp3) is 0.600. The summed E-state index contributed by atoms with van der Waals surface area (Å²) in [6.45, 7) is 1.28. The molecule has 1 saturated carbocycles. The Morgan fingerprint density at radius 1 is 1.28 bits per heavy atom. The number of carbonyl (C=O) groups excluding carboxylic acids is 1. The average Bonchev–Trinajstić information content (AvgIpc) is 3.20. The smallest absolute Gasteiger partial charge is 0.408 e. The third kappa shape index (κ3) is 5.15. The third-order valence-electron chi connectivity index (χ3n) is 5.89. The van der Waals surface area contributed by atoms with Crippen LogP contribution in [0.15, 0.2) is 27.4 Å². The highest BCUT2D eigenvalue weighted by Crippen LogP contribution is 2.33. The maximum Gasteiger partial charge on any atom is 0.419 e. The number of oxazole rings is 1. The van der Waals surface area contributed by atoms with Crippen LogP contribution in [0, 0.1) is 5.92 Å². The van der Waals surface area contributed by atoms with E-state index >= 15 is 0 Å². The number of anilines is 1. The fourth-order valence-electron chi connectivity index (χ4n) is 4.40. The van der Waals surface area contributed by atoms with Crippen LogP contribution < -0.4 is 16.4 Å². The molecule has 0 radical (unpaired) electrons. The molecular formula is C20H30Cl2N4O3. The van der Waals surface area contributed by atoms with E-state index in [0.29, 0.717) is 35.3 Å². The molecule has 2 heterocycles. The zero-order chi connectivity index (χ0) is 19.0. The van der Waals surface area contributed by atoms with Crippen LogP contribution in [0.5, 0.6) is 0 Å². The van der Waals surface area contributed by atoms with E-state index in [4.69, 9.17) is 4.42 Å². The van der Waals surface area contributed by atoms with Crippen LogP contribution in [0.1, 0.15) is 32.1 Å². The Hall–Kier alpha value is -1.54. The standard InChI is InChI=1S/C20H28N4O3.2ClH/c1-23(2)9-10-24-17-12-14(7-8-18(17)27-20(24)26)21-19(25)16-11-13-5-3-4-6-15(13)22-16;;/h7-8,12-13,15-16,22H,3-6,9-11H2,1-2H3,(H,21,25);2*1H. The Kier molecular flexibility index (Phi) is 8.17. The normalized spacial score (nSPS) is 23.3. The van der Waals surface area contributed by atoms with Crippen molar-refractivity contribution in [1.29, 1.82) is 0 Å². The zero-order valence-corrected chi connectivity index (χ0v) is 18.5. The maximum atomic E-state index is 12.7. The molecule has 1 aromatic heterocycles. The second kappa shape index (κ2) is 9.98. The molecule has 3 atom stereocenters. The van der Waals surface area contributed by atoms with E-state index in [1.165, 1.54) is 25.7 Å². The molecule has 1 amide bonds. The first-order valence-electron chi connectivity index (χ1n) is 9.86. The molecule has 2 N–H and O–H groups in total. The van der Waals surface area contributed by atoms with Gasteiger partial charge in [0.05, 0.1) is 11.6 Å². The summed E-state index contributed by atoms with van der Waals surface area (Å²) in [6, 6.07) is 5.73. The summed E-state index contributed by atoms with van der Waals surface area (Å²) in [5, 5.41) is 6.53. The molecule has 3 unspecified atom stereocenters. The quantitative estimate of drug-likeness (QED) is 0.740. The lowest BCUT2D eigenvalue weighted by Crippen LogP contribution is -2.39. The first kappa shape index (κ1) is 23.7. The van der Waals surface area contributed by atoms with Crippen LogP contribution in [0.25, 0.3) is 11.1 Å². The Labute approximate surface area is 183 Å². The SMILES string of the molecule is CN(C)CCn1c(=O)oc2ccc(NC(=O)C3CC4CCCCC4N3)cc21.Cl.Cl. The number of nitrogens with zero attached hydrogens (tertiary/aromatic N) is 2. The average molecular weight is 445 g/mol. The lowest BCUT2D eigenvalue weighted by Gasteiger charge is -2.24. The predicted octanol–water partition coefficient (Wildman–Crippen LogP) is 2.86. The number of hydrogen-bond acceptors (Lipinski definition) is 5. The number of benzene rings is 1. The summed E-state index contributed by atoms with van der Waals surface area (Å²) in [5.74, 6) is 0.272. The van der Waals surface area contributed by atoms with Gasteiger partial charge in [0.25, 0.3) is 0 Å². The summed E-state index contributed by atoms with van der Waals surface area (Å²) in [6.07, 6.45) is 5.84. The van der Waals surface area contributed by atoms with Gasteiger partial charge in [0.1, 0.15) is 0 Å². The van der Waals surface area contributed by atoms with Gasteiger partial charge in [-0.1, -0.05) is 12.8 Å². The van der Waals surface area contributed by atoms with Gasteiger partial charge >= 0.3 is 5.76 Å². The van der Waals surface area contributed by atoms with Crippen LogP contribution in [-0.4, -0.2) is 48.1 Å². The van der Waals surface area contributed by atoms with Crippen molar-refractivity contribution < 1.29 is 9.21 Å². The van der Waals surface area contributed by atoms with E-state index in [-0.39, 0.29) is 42.5 Å². The number of aromatic nitrogens is 1. The van der Waals surface area contributed by atoms with Gasteiger partial charge in [0, 0.05) is 24.8 Å². The predicted molar refractivity (Wildman–Crippen MR) is 119 cm³/mol. The molecule has 9 heteroatoms. The van der Waals surface area contributed by atoms with Crippen LogP contribution >= 0.6 is 24.8 Å². The summed E-state index contributed by atoms with van der Waals surface area (Å²) in [5.41, 5.74) is 1.96. The molecule has 162 valence electrons. The first-order chi connectivity index (χ1) is 13.0. The van der Waals surface area contributed by atoms with Crippen LogP contribution in [0.4, 0.5) is 5.69 Å². The Morgan fingerprint density at radius 2 is 2.03 bits per heavy atom. The maximum absolute atomic E-state index is 12.7. The third-order valence-corrected chi connectivity index (χ3v) is 5.89. The van der Waals surface area contributed by atoms with Crippen molar-refractivity contribution in [3.05, 3.63) is 28.7 Å². The van der Waals surface area contributed by atoms with Gasteiger partial charge in [-0.2, -0.15) is 0 Å². The zero-order valence-electron chi connectivity index (χ0n) is 16.8. The van der Waals surface area contributed by atoms with Crippen molar-refractivity contribution in [1.82, 2.24) is 14.8 Å². The van der Waals surface area contributed by atoms with Gasteiger partial charge in [-0.3, -0.25) is 9.36 Å². The van der Waals surface area contributed by atoms with Crippen molar-refractivity contribution in [2.24, 2.45) is 5.92 Å². The Balaban J connectivity index is 0.00000150. The fourth-order valence-corrected chi connectivity index (χ4v) is 4.40. The van der Waals surface area contributed by atoms with Crippen molar-refractivity contribution in [2.45, 2.75) is 50.7 Å². The lowest BCUT2D eigenvalue weighted by atomic mass is 9.85. The second-order valence-corrected chi connectivity index (χ2v) is 8.10. The number of fused-ring (bicyclic) bond motifs is 2. The molecule has 29 heavy (non-hydrogen) atoms. The number of amides is 1. The highest BCUT2D eigenvalue weighted by atomic mass is 35.5. The monoisotopic (exact) mass is 444 g/mol. The Morgan fingerprint density at radius 3 is 2.76 bits per heavy atom. The lowest BCUT2D eigenvalue weighted by molar-refractivity contribution is -0.117. The Bertz CT molecular complexity index is 881. The van der Waals surface area contributed by atoms with E-state index in [0.717, 1.165) is 13.0 Å². The number of carbonyl (C=O) groups is 1. The minimum Gasteiger partial charge on any atom is -0.408 e.